The molecule has 0 spiro atoms. The average molecular weight is 474 g/mol. The minimum absolute atomic E-state index is 0.00442. The lowest BCUT2D eigenvalue weighted by Gasteiger charge is -2.30. The van der Waals surface area contributed by atoms with Gasteiger partial charge < -0.3 is 30.6 Å². The molecule has 1 aliphatic carbocycles. The van der Waals surface area contributed by atoms with E-state index in [1.807, 2.05) is 12.1 Å². The lowest BCUT2D eigenvalue weighted by molar-refractivity contribution is 0.317. The van der Waals surface area contributed by atoms with Crippen molar-refractivity contribution in [3.63, 3.8) is 0 Å². The van der Waals surface area contributed by atoms with E-state index in [2.05, 4.69) is 22.6 Å². The van der Waals surface area contributed by atoms with Crippen LogP contribution in [0.4, 0.5) is 21.7 Å². The maximum absolute atomic E-state index is 15.3. The molecule has 9 heteroatoms. The second-order valence-electron chi connectivity index (χ2n) is 9.13. The fourth-order valence-electron chi connectivity index (χ4n) is 5.07. The summed E-state index contributed by atoms with van der Waals surface area (Å²) in [5.74, 6) is 2.02. The average Bonchev–Trinajstić information content (AvgIpc) is 3.27. The number of aromatic nitrogens is 1. The molecule has 0 radical (unpaired) electrons. The van der Waals surface area contributed by atoms with Gasteiger partial charge in [-0.1, -0.05) is 12.8 Å². The quantitative estimate of drug-likeness (QED) is 0.518. The number of methoxy groups -OCH3 is 3. The Hall–Kier alpha value is -2.78. The van der Waals surface area contributed by atoms with Gasteiger partial charge in [-0.15, -0.1) is 0 Å². The second-order valence-corrected chi connectivity index (χ2v) is 9.13. The zero-order valence-corrected chi connectivity index (χ0v) is 20.5. The largest absolute Gasteiger partial charge is 0.493 e. The van der Waals surface area contributed by atoms with Gasteiger partial charge in [-0.2, -0.15) is 0 Å². The third kappa shape index (κ3) is 5.00. The molecule has 1 saturated heterocycles. The molecule has 0 amide bonds. The number of anilines is 3. The van der Waals surface area contributed by atoms with Crippen LogP contribution >= 0.6 is 0 Å². The van der Waals surface area contributed by atoms with Crippen molar-refractivity contribution in [3.8, 4) is 17.2 Å². The molecular formula is C25H36FN5O3. The standard InChI is InChI=1S/C25H36FN5O3/c1-31-11-7-10-20(31)16-14-17(26)25(29-19-9-6-5-8-18(19)27)30-24(16)28-15-12-21(32-2)23(34-4)22(13-15)33-3/h12-14,18-20H,5-11,27H2,1-4H3,(H2,28,29,30). The number of likely N-dealkylation sites (tertiary alicyclic amines) is 1. The van der Waals surface area contributed by atoms with E-state index in [1.165, 1.54) is 0 Å². The maximum atomic E-state index is 15.3. The molecule has 186 valence electrons. The molecule has 3 atom stereocenters. The van der Waals surface area contributed by atoms with Crippen LogP contribution in [0.2, 0.25) is 0 Å². The third-order valence-electron chi connectivity index (χ3n) is 6.95. The Bertz CT molecular complexity index is 980. The van der Waals surface area contributed by atoms with Crippen molar-refractivity contribution in [3.05, 3.63) is 29.6 Å². The summed E-state index contributed by atoms with van der Waals surface area (Å²) in [6.45, 7) is 0.965. The van der Waals surface area contributed by atoms with E-state index in [1.54, 1.807) is 27.4 Å². The van der Waals surface area contributed by atoms with Crippen LogP contribution in [0.5, 0.6) is 17.2 Å². The van der Waals surface area contributed by atoms with Crippen molar-refractivity contribution < 1.29 is 18.6 Å². The maximum Gasteiger partial charge on any atom is 0.203 e. The highest BCUT2D eigenvalue weighted by atomic mass is 19.1. The highest BCUT2D eigenvalue weighted by Gasteiger charge is 2.29. The molecule has 2 heterocycles. The van der Waals surface area contributed by atoms with E-state index in [4.69, 9.17) is 24.9 Å². The van der Waals surface area contributed by atoms with E-state index < -0.39 is 0 Å². The molecule has 1 saturated carbocycles. The van der Waals surface area contributed by atoms with E-state index in [9.17, 15) is 0 Å². The minimum Gasteiger partial charge on any atom is -0.493 e. The molecule has 2 aliphatic rings. The summed E-state index contributed by atoms with van der Waals surface area (Å²) < 4.78 is 31.7. The molecule has 34 heavy (non-hydrogen) atoms. The second kappa shape index (κ2) is 10.7. The van der Waals surface area contributed by atoms with Gasteiger partial charge >= 0.3 is 0 Å². The van der Waals surface area contributed by atoms with E-state index >= 15 is 4.39 Å². The Balaban J connectivity index is 1.73. The van der Waals surface area contributed by atoms with E-state index in [0.717, 1.165) is 50.6 Å². The first kappa shape index (κ1) is 24.3. The van der Waals surface area contributed by atoms with Crippen molar-refractivity contribution in [2.24, 2.45) is 5.73 Å². The van der Waals surface area contributed by atoms with Gasteiger partial charge in [-0.3, -0.25) is 4.90 Å². The SMILES string of the molecule is COc1cc(Nc2nc(NC3CCCCC3N)c(F)cc2C2CCCN2C)cc(OC)c1OC. The number of benzene rings is 1. The van der Waals surface area contributed by atoms with Crippen molar-refractivity contribution >= 4 is 17.3 Å². The summed E-state index contributed by atoms with van der Waals surface area (Å²) in [7, 11) is 6.78. The fourth-order valence-corrected chi connectivity index (χ4v) is 5.07. The number of hydrogen-bond donors (Lipinski definition) is 3. The lowest BCUT2D eigenvalue weighted by Crippen LogP contribution is -2.43. The smallest absolute Gasteiger partial charge is 0.203 e. The molecule has 8 nitrogen and oxygen atoms in total. The van der Waals surface area contributed by atoms with Crippen LogP contribution in [0.1, 0.15) is 50.1 Å². The lowest BCUT2D eigenvalue weighted by atomic mass is 9.91. The van der Waals surface area contributed by atoms with E-state index in [0.29, 0.717) is 28.8 Å². The van der Waals surface area contributed by atoms with Gasteiger partial charge in [0.25, 0.3) is 0 Å². The van der Waals surface area contributed by atoms with Crippen LogP contribution in [-0.2, 0) is 0 Å². The van der Waals surface area contributed by atoms with Crippen molar-refractivity contribution in [2.45, 2.75) is 56.7 Å². The number of halogens is 1. The first-order chi connectivity index (χ1) is 16.4. The number of nitrogens with two attached hydrogens (primary N) is 1. The Morgan fingerprint density at radius 2 is 1.68 bits per heavy atom. The monoisotopic (exact) mass is 473 g/mol. The van der Waals surface area contributed by atoms with Gasteiger partial charge in [0.05, 0.1) is 21.3 Å². The summed E-state index contributed by atoms with van der Waals surface area (Å²) in [6.07, 6.45) is 6.03. The minimum atomic E-state index is -0.358. The van der Waals surface area contributed by atoms with Crippen LogP contribution in [0.3, 0.4) is 0 Å². The van der Waals surface area contributed by atoms with Gasteiger partial charge in [0.15, 0.2) is 23.1 Å². The fraction of sp³-hybridized carbons (Fsp3) is 0.560. The number of pyridine rings is 1. The van der Waals surface area contributed by atoms with Crippen molar-refractivity contribution in [1.82, 2.24) is 9.88 Å². The normalized spacial score (nSPS) is 22.9. The molecule has 2 aromatic rings. The van der Waals surface area contributed by atoms with Crippen LogP contribution in [0.15, 0.2) is 18.2 Å². The topological polar surface area (TPSA) is 93.9 Å². The van der Waals surface area contributed by atoms with Gasteiger partial charge in [-0.25, -0.2) is 9.37 Å². The number of ether oxygens (including phenoxy) is 3. The summed E-state index contributed by atoms with van der Waals surface area (Å²) in [5, 5.41) is 6.68. The number of hydrogen-bond acceptors (Lipinski definition) is 8. The number of rotatable bonds is 8. The summed E-state index contributed by atoms with van der Waals surface area (Å²) in [4.78, 5) is 6.97. The Labute approximate surface area is 201 Å². The van der Waals surface area contributed by atoms with Crippen molar-refractivity contribution in [1.29, 1.82) is 0 Å². The van der Waals surface area contributed by atoms with Crippen molar-refractivity contribution in [2.75, 3.05) is 45.6 Å². The number of nitrogens with zero attached hydrogens (tertiary/aromatic N) is 2. The zero-order chi connectivity index (χ0) is 24.2. The van der Waals surface area contributed by atoms with Crippen LogP contribution < -0.4 is 30.6 Å². The molecule has 1 aromatic heterocycles. The third-order valence-corrected chi connectivity index (χ3v) is 6.95. The van der Waals surface area contributed by atoms with E-state index in [-0.39, 0.29) is 29.8 Å². The molecule has 0 bridgehead atoms. The molecule has 2 fully saturated rings. The molecule has 3 unspecified atom stereocenters. The van der Waals surface area contributed by atoms with Crippen LogP contribution in [-0.4, -0.2) is 56.9 Å². The van der Waals surface area contributed by atoms with Crippen LogP contribution in [0, 0.1) is 5.82 Å². The molecular weight excluding hydrogens is 437 g/mol. The van der Waals surface area contributed by atoms with Crippen LogP contribution in [0.25, 0.3) is 0 Å². The Morgan fingerprint density at radius 3 is 2.26 bits per heavy atom. The first-order valence-corrected chi connectivity index (χ1v) is 11.9. The molecule has 1 aliphatic heterocycles. The Morgan fingerprint density at radius 1 is 0.971 bits per heavy atom. The predicted octanol–water partition coefficient (Wildman–Crippen LogP) is 4.44. The number of nitrogens with one attached hydrogen (secondary N) is 2. The van der Waals surface area contributed by atoms with Gasteiger partial charge in [0, 0.05) is 41.5 Å². The summed E-state index contributed by atoms with van der Waals surface area (Å²) in [6, 6.07) is 5.32. The van der Waals surface area contributed by atoms with Gasteiger partial charge in [0.2, 0.25) is 5.75 Å². The first-order valence-electron chi connectivity index (χ1n) is 11.9. The summed E-state index contributed by atoms with van der Waals surface area (Å²) in [5.41, 5.74) is 7.83. The highest BCUT2D eigenvalue weighted by molar-refractivity contribution is 5.69. The zero-order valence-electron chi connectivity index (χ0n) is 20.5. The summed E-state index contributed by atoms with van der Waals surface area (Å²) >= 11 is 0. The molecule has 4 N–H and O–H groups in total. The Kier molecular flexibility index (Phi) is 7.63. The molecule has 1 aromatic carbocycles. The predicted molar refractivity (Wildman–Crippen MR) is 132 cm³/mol. The molecule has 4 rings (SSSR count). The van der Waals surface area contributed by atoms with Gasteiger partial charge in [-0.05, 0) is 45.3 Å². The van der Waals surface area contributed by atoms with Gasteiger partial charge in [0.1, 0.15) is 5.82 Å². The highest BCUT2D eigenvalue weighted by Crippen LogP contribution is 2.42.